The number of carbonyl (C=O) groups excluding carboxylic acids is 2. The van der Waals surface area contributed by atoms with Crippen LogP contribution in [0, 0.1) is 19.3 Å². The number of aryl methyl sites for hydroxylation is 1. The molecule has 0 aromatic heterocycles. The fourth-order valence-electron chi connectivity index (χ4n) is 3.15. The van der Waals surface area contributed by atoms with Crippen molar-refractivity contribution < 1.29 is 42.7 Å². The van der Waals surface area contributed by atoms with Gasteiger partial charge in [0.15, 0.2) is 0 Å². The van der Waals surface area contributed by atoms with E-state index in [-0.39, 0.29) is 26.4 Å². The molecule has 254 valence electrons. The van der Waals surface area contributed by atoms with E-state index in [4.69, 9.17) is 51.3 Å². The molecule has 0 fully saturated rings. The smallest absolute Gasteiger partial charge is 0.259 e. The average molecular weight is 637 g/mol. The van der Waals surface area contributed by atoms with Crippen LogP contribution in [0.1, 0.15) is 38.7 Å². The van der Waals surface area contributed by atoms with Crippen molar-refractivity contribution in [3.63, 3.8) is 0 Å². The van der Waals surface area contributed by atoms with E-state index in [9.17, 15) is 9.59 Å². The lowest BCUT2D eigenvalue weighted by Gasteiger charge is -2.10. The van der Waals surface area contributed by atoms with E-state index in [2.05, 4.69) is 5.92 Å². The summed E-state index contributed by atoms with van der Waals surface area (Å²) in [5.41, 5.74) is 6.05. The fourth-order valence-corrected chi connectivity index (χ4v) is 3.15. The fraction of sp³-hybridized carbons (Fsp3) is 0.562. The Labute approximate surface area is 267 Å². The summed E-state index contributed by atoms with van der Waals surface area (Å²) in [7, 11) is 0. The summed E-state index contributed by atoms with van der Waals surface area (Å²) in [6.45, 7) is 10.7. The molecule has 0 atom stereocenters. The molecule has 0 heterocycles. The largest absolute Gasteiger partial charge is 0.493 e. The van der Waals surface area contributed by atoms with Crippen LogP contribution in [-0.2, 0) is 38.0 Å². The Bertz CT molecular complexity index is 991. The number of unbranched alkanes of at least 4 members (excludes halogenated alkanes) is 2. The van der Waals surface area contributed by atoms with E-state index >= 15 is 0 Å². The normalized spacial score (nSPS) is 11.2. The number of rotatable bonds is 25. The number of amides is 2. The molecule has 0 saturated carbocycles. The third-order valence-electron chi connectivity index (χ3n) is 5.71. The number of ether oxygens (including phenoxy) is 7. The number of benzene rings is 1. The molecule has 0 radical (unpaired) electrons. The van der Waals surface area contributed by atoms with Crippen LogP contribution in [0.3, 0.4) is 0 Å². The van der Waals surface area contributed by atoms with E-state index < -0.39 is 11.8 Å². The van der Waals surface area contributed by atoms with Crippen molar-refractivity contribution >= 4 is 11.8 Å². The molecule has 13 heteroatoms. The van der Waals surface area contributed by atoms with Gasteiger partial charge in [-0.05, 0) is 57.2 Å². The Kier molecular flexibility index (Phi) is 28.2. The summed E-state index contributed by atoms with van der Waals surface area (Å²) in [6.07, 6.45) is 12.0. The standard InChI is InChI=1S/C24H34O4.C8H18N4O5/c1-5-12-23(21(3)6-2)27-16-11-7-10-15-25-17-18-26-19-20-28-24-14-9-8-13-22(24)4;9-11-7(13)5-16-3-1-15-2-4-17-6-8(14)12-10/h1,6,8-9,12-14H,7,10-11,15-20H2,2-4H3;1-6,9-10H2,(H,11,13)(H,12,14)/b21-6-,23-12+;. The van der Waals surface area contributed by atoms with Gasteiger partial charge in [0, 0.05) is 12.7 Å². The van der Waals surface area contributed by atoms with E-state index in [0.717, 1.165) is 48.5 Å². The molecule has 6 N–H and O–H groups in total. The highest BCUT2D eigenvalue weighted by molar-refractivity contribution is 5.76. The monoisotopic (exact) mass is 636 g/mol. The van der Waals surface area contributed by atoms with Crippen molar-refractivity contribution in [3.05, 3.63) is 53.3 Å². The van der Waals surface area contributed by atoms with E-state index in [1.165, 1.54) is 0 Å². The molecule has 0 aliphatic carbocycles. The summed E-state index contributed by atoms with van der Waals surface area (Å²) < 4.78 is 37.4. The SMILES string of the molecule is C#C/C=C(OCCCCCOCCOCCOc1ccccc1C)\C(C)=C/C.NNC(=O)COCCOCCOCC(=O)NN. The van der Waals surface area contributed by atoms with Gasteiger partial charge in [0.1, 0.15) is 31.3 Å². The first kappa shape index (κ1) is 41.5. The number of hydrazine groups is 2. The maximum atomic E-state index is 10.6. The van der Waals surface area contributed by atoms with Gasteiger partial charge in [0.05, 0.1) is 52.9 Å². The van der Waals surface area contributed by atoms with Crippen molar-refractivity contribution in [1.82, 2.24) is 10.9 Å². The van der Waals surface area contributed by atoms with Crippen LogP contribution in [0.5, 0.6) is 5.75 Å². The van der Waals surface area contributed by atoms with Crippen LogP contribution < -0.4 is 27.3 Å². The number of hydrogen-bond donors (Lipinski definition) is 4. The summed E-state index contributed by atoms with van der Waals surface area (Å²) in [5.74, 6) is 13.1. The maximum Gasteiger partial charge on any atom is 0.259 e. The van der Waals surface area contributed by atoms with Crippen molar-refractivity contribution in [2.45, 2.75) is 40.0 Å². The Balaban J connectivity index is 0.000000976. The highest BCUT2D eigenvalue weighted by Gasteiger charge is 2.01. The number of hydrogen-bond acceptors (Lipinski definition) is 11. The molecule has 0 aliphatic heterocycles. The summed E-state index contributed by atoms with van der Waals surface area (Å²) in [6, 6.07) is 7.98. The number of para-hydroxylation sites is 1. The minimum atomic E-state index is -0.402. The molecule has 2 amide bonds. The number of terminal acetylenes is 1. The van der Waals surface area contributed by atoms with Crippen molar-refractivity contribution in [1.29, 1.82) is 0 Å². The lowest BCUT2D eigenvalue weighted by Crippen LogP contribution is -2.34. The molecular weight excluding hydrogens is 584 g/mol. The molecule has 0 bridgehead atoms. The second kappa shape index (κ2) is 30.5. The first-order valence-electron chi connectivity index (χ1n) is 14.9. The maximum absolute atomic E-state index is 10.6. The van der Waals surface area contributed by atoms with Crippen LogP contribution in [0.2, 0.25) is 0 Å². The van der Waals surface area contributed by atoms with Crippen molar-refractivity contribution in [3.8, 4) is 18.1 Å². The Morgan fingerprint density at radius 1 is 0.778 bits per heavy atom. The predicted octanol–water partition coefficient (Wildman–Crippen LogP) is 2.09. The number of allylic oxidation sites excluding steroid dienone is 3. The highest BCUT2D eigenvalue weighted by Crippen LogP contribution is 2.15. The van der Waals surface area contributed by atoms with E-state index in [1.807, 2.05) is 62.0 Å². The zero-order chi connectivity index (χ0) is 33.4. The first-order chi connectivity index (χ1) is 21.9. The third-order valence-corrected chi connectivity index (χ3v) is 5.71. The van der Waals surface area contributed by atoms with Crippen LogP contribution in [0.25, 0.3) is 0 Å². The molecule has 13 nitrogen and oxygen atoms in total. The summed E-state index contributed by atoms with van der Waals surface area (Å²) in [4.78, 5) is 21.2. The van der Waals surface area contributed by atoms with E-state index in [1.54, 1.807) is 6.08 Å². The average Bonchev–Trinajstić information content (AvgIpc) is 3.05. The van der Waals surface area contributed by atoms with Gasteiger partial charge in [-0.2, -0.15) is 0 Å². The minimum absolute atomic E-state index is 0.104. The minimum Gasteiger partial charge on any atom is -0.493 e. The molecule has 0 unspecified atom stereocenters. The summed E-state index contributed by atoms with van der Waals surface area (Å²) in [5, 5.41) is 0. The number of carbonyl (C=O) groups is 2. The van der Waals surface area contributed by atoms with Gasteiger partial charge < -0.3 is 33.2 Å². The first-order valence-corrected chi connectivity index (χ1v) is 14.9. The topological polar surface area (TPSA) is 175 Å². The van der Waals surface area contributed by atoms with Gasteiger partial charge in [-0.15, -0.1) is 6.42 Å². The molecule has 1 aromatic rings. The molecular formula is C32H52N4O9. The Morgan fingerprint density at radius 2 is 1.29 bits per heavy atom. The van der Waals surface area contributed by atoms with Crippen LogP contribution in [0.4, 0.5) is 0 Å². The molecule has 45 heavy (non-hydrogen) atoms. The molecule has 0 saturated heterocycles. The van der Waals surface area contributed by atoms with Crippen molar-refractivity contribution in [2.75, 3.05) is 79.3 Å². The second-order valence-electron chi connectivity index (χ2n) is 9.25. The van der Waals surface area contributed by atoms with Crippen LogP contribution >= 0.6 is 0 Å². The number of nitrogens with two attached hydrogens (primary N) is 2. The highest BCUT2D eigenvalue weighted by atomic mass is 16.6. The van der Waals surface area contributed by atoms with Gasteiger partial charge >= 0.3 is 0 Å². The lowest BCUT2D eigenvalue weighted by atomic mass is 10.2. The Hall–Kier alpha value is -3.48. The van der Waals surface area contributed by atoms with Gasteiger partial charge in [0.2, 0.25) is 0 Å². The van der Waals surface area contributed by atoms with Crippen molar-refractivity contribution in [2.24, 2.45) is 11.7 Å². The lowest BCUT2D eigenvalue weighted by molar-refractivity contribution is -0.126. The quantitative estimate of drug-likeness (QED) is 0.0235. The third kappa shape index (κ3) is 25.5. The number of nitrogens with one attached hydrogen (secondary N) is 2. The predicted molar refractivity (Wildman–Crippen MR) is 172 cm³/mol. The van der Waals surface area contributed by atoms with Gasteiger partial charge in [-0.1, -0.05) is 30.2 Å². The summed E-state index contributed by atoms with van der Waals surface area (Å²) >= 11 is 0. The van der Waals surface area contributed by atoms with Gasteiger partial charge in [-0.25, -0.2) is 11.7 Å². The zero-order valence-electron chi connectivity index (χ0n) is 27.0. The van der Waals surface area contributed by atoms with Crippen LogP contribution in [-0.4, -0.2) is 91.1 Å². The van der Waals surface area contributed by atoms with Gasteiger partial charge in [0.25, 0.3) is 11.8 Å². The molecule has 0 aliphatic rings. The van der Waals surface area contributed by atoms with E-state index in [0.29, 0.717) is 46.2 Å². The van der Waals surface area contributed by atoms with Gasteiger partial charge in [-0.3, -0.25) is 20.4 Å². The Morgan fingerprint density at radius 3 is 1.82 bits per heavy atom. The molecule has 1 rings (SSSR count). The molecule has 1 aromatic carbocycles. The zero-order valence-corrected chi connectivity index (χ0v) is 27.0. The molecule has 0 spiro atoms. The second-order valence-corrected chi connectivity index (χ2v) is 9.25. The van der Waals surface area contributed by atoms with Crippen LogP contribution in [0.15, 0.2) is 47.7 Å².